The largest absolute Gasteiger partial charge is 0.480 e. The van der Waals surface area contributed by atoms with Crippen LogP contribution in [0.4, 0.5) is 0 Å². The standard InChI is InChI=1S/C20H26N2O3/c1-12(2)18(20(24)25)21-19(23)17-11-13(3)22(15(17)5)14(4)16-9-7-6-8-10-16/h6-12,14,18H,1-5H3,(H,21,23)(H,24,25). The first-order valence-electron chi connectivity index (χ1n) is 8.51. The van der Waals surface area contributed by atoms with Gasteiger partial charge < -0.3 is 15.0 Å². The van der Waals surface area contributed by atoms with Crippen LogP contribution in [-0.4, -0.2) is 27.6 Å². The lowest BCUT2D eigenvalue weighted by atomic mass is 10.0. The molecular formula is C20H26N2O3. The van der Waals surface area contributed by atoms with Crippen LogP contribution in [0.15, 0.2) is 36.4 Å². The van der Waals surface area contributed by atoms with Gasteiger partial charge in [-0.2, -0.15) is 0 Å². The highest BCUT2D eigenvalue weighted by atomic mass is 16.4. The first-order valence-corrected chi connectivity index (χ1v) is 8.51. The SMILES string of the molecule is Cc1cc(C(=O)NC(C(=O)O)C(C)C)c(C)n1C(C)c1ccccc1. The fourth-order valence-electron chi connectivity index (χ4n) is 3.22. The molecule has 0 saturated heterocycles. The number of rotatable bonds is 6. The first kappa shape index (κ1) is 18.8. The Kier molecular flexibility index (Phi) is 5.67. The van der Waals surface area contributed by atoms with E-state index in [1.165, 1.54) is 0 Å². The number of aryl methyl sites for hydroxylation is 1. The molecule has 2 N–H and O–H groups in total. The van der Waals surface area contributed by atoms with Crippen molar-refractivity contribution in [2.45, 2.75) is 46.7 Å². The summed E-state index contributed by atoms with van der Waals surface area (Å²) in [5, 5.41) is 11.9. The molecule has 134 valence electrons. The van der Waals surface area contributed by atoms with Gasteiger partial charge in [-0.15, -0.1) is 0 Å². The third-order valence-electron chi connectivity index (χ3n) is 4.62. The van der Waals surface area contributed by atoms with Gasteiger partial charge in [0.15, 0.2) is 0 Å². The van der Waals surface area contributed by atoms with Gasteiger partial charge in [-0.25, -0.2) is 4.79 Å². The molecule has 0 radical (unpaired) electrons. The van der Waals surface area contributed by atoms with E-state index >= 15 is 0 Å². The second kappa shape index (κ2) is 7.55. The highest BCUT2D eigenvalue weighted by Crippen LogP contribution is 2.25. The normalized spacial score (nSPS) is 13.5. The molecule has 25 heavy (non-hydrogen) atoms. The summed E-state index contributed by atoms with van der Waals surface area (Å²) in [4.78, 5) is 24.0. The Hall–Kier alpha value is -2.56. The average molecular weight is 342 g/mol. The summed E-state index contributed by atoms with van der Waals surface area (Å²) < 4.78 is 2.11. The molecule has 1 heterocycles. The van der Waals surface area contributed by atoms with Gasteiger partial charge >= 0.3 is 5.97 Å². The maximum Gasteiger partial charge on any atom is 0.326 e. The van der Waals surface area contributed by atoms with Crippen LogP contribution < -0.4 is 5.32 Å². The highest BCUT2D eigenvalue weighted by Gasteiger charge is 2.26. The zero-order valence-corrected chi connectivity index (χ0v) is 15.4. The molecule has 1 amide bonds. The molecule has 2 aromatic rings. The second-order valence-corrected chi connectivity index (χ2v) is 6.77. The number of hydrogen-bond donors (Lipinski definition) is 2. The first-order chi connectivity index (χ1) is 11.7. The number of nitrogens with one attached hydrogen (secondary N) is 1. The summed E-state index contributed by atoms with van der Waals surface area (Å²) in [7, 11) is 0. The van der Waals surface area contributed by atoms with Crippen LogP contribution in [0.3, 0.4) is 0 Å². The smallest absolute Gasteiger partial charge is 0.326 e. The number of benzene rings is 1. The van der Waals surface area contributed by atoms with E-state index in [4.69, 9.17) is 0 Å². The summed E-state index contributed by atoms with van der Waals surface area (Å²) in [5.74, 6) is -1.55. The van der Waals surface area contributed by atoms with Gasteiger partial charge in [0.1, 0.15) is 6.04 Å². The van der Waals surface area contributed by atoms with E-state index in [-0.39, 0.29) is 17.9 Å². The van der Waals surface area contributed by atoms with Crippen molar-refractivity contribution in [3.8, 4) is 0 Å². The van der Waals surface area contributed by atoms with Crippen molar-refractivity contribution in [3.63, 3.8) is 0 Å². The van der Waals surface area contributed by atoms with Gasteiger partial charge in [0.25, 0.3) is 5.91 Å². The lowest BCUT2D eigenvalue weighted by Crippen LogP contribution is -2.44. The van der Waals surface area contributed by atoms with Gasteiger partial charge in [0, 0.05) is 11.4 Å². The molecule has 5 heteroatoms. The van der Waals surface area contributed by atoms with Gasteiger partial charge in [-0.1, -0.05) is 44.2 Å². The molecule has 0 fully saturated rings. The Balaban J connectivity index is 2.33. The molecule has 5 nitrogen and oxygen atoms in total. The number of nitrogens with zero attached hydrogens (tertiary/aromatic N) is 1. The number of aliphatic carboxylic acids is 1. The highest BCUT2D eigenvalue weighted by molar-refractivity contribution is 5.98. The fraction of sp³-hybridized carbons (Fsp3) is 0.400. The Morgan fingerprint density at radius 2 is 1.68 bits per heavy atom. The Morgan fingerprint density at radius 1 is 1.08 bits per heavy atom. The number of carbonyl (C=O) groups excluding carboxylic acids is 1. The lowest BCUT2D eigenvalue weighted by molar-refractivity contribution is -0.140. The van der Waals surface area contributed by atoms with E-state index in [9.17, 15) is 14.7 Å². The zero-order chi connectivity index (χ0) is 18.7. The van der Waals surface area contributed by atoms with E-state index in [1.54, 1.807) is 13.8 Å². The van der Waals surface area contributed by atoms with Crippen LogP contribution in [-0.2, 0) is 4.79 Å². The topological polar surface area (TPSA) is 71.3 Å². The van der Waals surface area contributed by atoms with Gasteiger partial charge in [0.05, 0.1) is 11.6 Å². The molecular weight excluding hydrogens is 316 g/mol. The van der Waals surface area contributed by atoms with Gasteiger partial charge in [-0.05, 0) is 38.3 Å². The van der Waals surface area contributed by atoms with E-state index in [2.05, 4.69) is 28.9 Å². The molecule has 0 aliphatic heterocycles. The Bertz CT molecular complexity index is 763. The van der Waals surface area contributed by atoms with E-state index in [0.29, 0.717) is 5.56 Å². The summed E-state index contributed by atoms with van der Waals surface area (Å²) in [6.07, 6.45) is 0. The molecule has 2 unspecified atom stereocenters. The number of hydrogen-bond acceptors (Lipinski definition) is 2. The molecule has 0 aliphatic carbocycles. The van der Waals surface area contributed by atoms with Crippen molar-refractivity contribution in [1.82, 2.24) is 9.88 Å². The van der Waals surface area contributed by atoms with E-state index in [1.807, 2.05) is 38.1 Å². The van der Waals surface area contributed by atoms with E-state index in [0.717, 1.165) is 17.0 Å². The molecule has 2 rings (SSSR count). The van der Waals surface area contributed by atoms with Gasteiger partial charge in [-0.3, -0.25) is 4.79 Å². The molecule has 0 bridgehead atoms. The van der Waals surface area contributed by atoms with Crippen molar-refractivity contribution in [1.29, 1.82) is 0 Å². The quantitative estimate of drug-likeness (QED) is 0.843. The van der Waals surface area contributed by atoms with Crippen molar-refractivity contribution >= 4 is 11.9 Å². The van der Waals surface area contributed by atoms with Crippen LogP contribution in [0.2, 0.25) is 0 Å². The Morgan fingerprint density at radius 3 is 2.20 bits per heavy atom. The molecule has 1 aromatic heterocycles. The van der Waals surface area contributed by atoms with Gasteiger partial charge in [0.2, 0.25) is 0 Å². The van der Waals surface area contributed by atoms with Crippen LogP contribution in [0.25, 0.3) is 0 Å². The minimum atomic E-state index is -1.02. The zero-order valence-electron chi connectivity index (χ0n) is 15.4. The molecule has 0 aliphatic rings. The summed E-state index contributed by atoms with van der Waals surface area (Å²) in [6, 6.07) is 11.1. The minimum absolute atomic E-state index is 0.0862. The Labute approximate surface area is 148 Å². The maximum atomic E-state index is 12.6. The molecule has 0 spiro atoms. The number of carboxylic acid groups (broad SMARTS) is 1. The van der Waals surface area contributed by atoms with Crippen LogP contribution in [0.5, 0.6) is 0 Å². The summed E-state index contributed by atoms with van der Waals surface area (Å²) in [6.45, 7) is 9.50. The van der Waals surface area contributed by atoms with Crippen molar-refractivity contribution in [2.75, 3.05) is 0 Å². The third-order valence-corrected chi connectivity index (χ3v) is 4.62. The van der Waals surface area contributed by atoms with E-state index < -0.39 is 12.0 Å². The second-order valence-electron chi connectivity index (χ2n) is 6.77. The number of carboxylic acids is 1. The summed E-state index contributed by atoms with van der Waals surface area (Å²) >= 11 is 0. The monoisotopic (exact) mass is 342 g/mol. The fourth-order valence-corrected chi connectivity index (χ4v) is 3.22. The molecule has 2 atom stereocenters. The van der Waals surface area contributed by atoms with Crippen LogP contribution in [0.1, 0.15) is 54.1 Å². The van der Waals surface area contributed by atoms with Crippen LogP contribution >= 0.6 is 0 Å². The van der Waals surface area contributed by atoms with Crippen molar-refractivity contribution in [2.24, 2.45) is 5.92 Å². The molecule has 0 saturated carbocycles. The lowest BCUT2D eigenvalue weighted by Gasteiger charge is -2.20. The number of aromatic nitrogens is 1. The average Bonchev–Trinajstić information content (AvgIpc) is 2.86. The number of carbonyl (C=O) groups is 2. The maximum absolute atomic E-state index is 12.6. The molecule has 1 aromatic carbocycles. The predicted octanol–water partition coefficient (Wildman–Crippen LogP) is 3.55. The summed E-state index contributed by atoms with van der Waals surface area (Å²) in [5.41, 5.74) is 3.48. The third kappa shape index (κ3) is 3.92. The predicted molar refractivity (Wildman–Crippen MR) is 97.9 cm³/mol. The minimum Gasteiger partial charge on any atom is -0.480 e. The number of amides is 1. The van der Waals surface area contributed by atoms with Crippen molar-refractivity contribution < 1.29 is 14.7 Å². The van der Waals surface area contributed by atoms with Crippen LogP contribution in [0, 0.1) is 19.8 Å². The van der Waals surface area contributed by atoms with Crippen molar-refractivity contribution in [3.05, 3.63) is 58.9 Å².